The van der Waals surface area contributed by atoms with Crippen molar-refractivity contribution in [3.8, 4) is 17.4 Å². The first-order valence-corrected chi connectivity index (χ1v) is 9.80. The molecule has 0 amide bonds. The Balaban J connectivity index is 1.83. The van der Waals surface area contributed by atoms with Gasteiger partial charge >= 0.3 is 0 Å². The highest BCUT2D eigenvalue weighted by Gasteiger charge is 2.32. The van der Waals surface area contributed by atoms with Gasteiger partial charge in [-0.25, -0.2) is 4.98 Å². The summed E-state index contributed by atoms with van der Waals surface area (Å²) >= 11 is 0. The summed E-state index contributed by atoms with van der Waals surface area (Å²) in [6.07, 6.45) is 2.61. The second kappa shape index (κ2) is 7.72. The predicted octanol–water partition coefficient (Wildman–Crippen LogP) is 3.61. The lowest BCUT2D eigenvalue weighted by molar-refractivity contribution is 0.378. The average molecular weight is 390 g/mol. The molecule has 0 bridgehead atoms. The molecule has 1 aromatic heterocycles. The monoisotopic (exact) mass is 390 g/mol. The number of ether oxygens (including phenoxy) is 1. The predicted molar refractivity (Wildman–Crippen MR) is 112 cm³/mol. The first kappa shape index (κ1) is 19.2. The fraction of sp³-hybridized carbons (Fsp3) is 0.304. The van der Waals surface area contributed by atoms with E-state index in [0.717, 1.165) is 36.2 Å². The molecule has 2 aromatic carbocycles. The highest BCUT2D eigenvalue weighted by Crippen LogP contribution is 2.45. The Labute approximate surface area is 170 Å². The van der Waals surface area contributed by atoms with Crippen LogP contribution in [0.3, 0.4) is 0 Å². The number of aromatic hydroxyl groups is 1. The topological polar surface area (TPSA) is 74.4 Å². The third kappa shape index (κ3) is 3.76. The number of hydrogen-bond acceptors (Lipinski definition) is 5. The van der Waals surface area contributed by atoms with Crippen molar-refractivity contribution < 1.29 is 9.84 Å². The minimum atomic E-state index is -0.170. The summed E-state index contributed by atoms with van der Waals surface area (Å²) in [7, 11) is 4.09. The van der Waals surface area contributed by atoms with Gasteiger partial charge < -0.3 is 19.3 Å². The first-order valence-electron chi connectivity index (χ1n) is 9.80. The quantitative estimate of drug-likeness (QED) is 0.546. The normalized spacial score (nSPS) is 15.0. The smallest absolute Gasteiger partial charge is 0.228 e. The second-order valence-electron chi connectivity index (χ2n) is 7.83. The van der Waals surface area contributed by atoms with Gasteiger partial charge in [0.05, 0.1) is 5.56 Å². The molecule has 3 aromatic rings. The van der Waals surface area contributed by atoms with Crippen LogP contribution in [0.25, 0.3) is 0 Å². The van der Waals surface area contributed by atoms with Crippen molar-refractivity contribution in [2.75, 3.05) is 20.6 Å². The van der Waals surface area contributed by atoms with Crippen LogP contribution in [0.1, 0.15) is 34.6 Å². The lowest BCUT2D eigenvalue weighted by Gasteiger charge is -2.28. The van der Waals surface area contributed by atoms with E-state index in [2.05, 4.69) is 41.1 Å². The molecular weight excluding hydrogens is 364 g/mol. The van der Waals surface area contributed by atoms with Crippen molar-refractivity contribution in [1.29, 1.82) is 5.41 Å². The molecule has 29 heavy (non-hydrogen) atoms. The minimum absolute atomic E-state index is 0.149. The molecule has 1 aliphatic rings. The molecule has 6 heteroatoms. The third-order valence-corrected chi connectivity index (χ3v) is 5.31. The summed E-state index contributed by atoms with van der Waals surface area (Å²) in [4.78, 5) is 6.66. The van der Waals surface area contributed by atoms with Gasteiger partial charge in [-0.3, -0.25) is 5.41 Å². The highest BCUT2D eigenvalue weighted by molar-refractivity contribution is 5.57. The van der Waals surface area contributed by atoms with Crippen LogP contribution in [-0.4, -0.2) is 40.2 Å². The second-order valence-corrected chi connectivity index (χ2v) is 7.83. The zero-order chi connectivity index (χ0) is 20.5. The van der Waals surface area contributed by atoms with E-state index in [-0.39, 0.29) is 11.7 Å². The Morgan fingerprint density at radius 1 is 1.17 bits per heavy atom. The molecule has 0 spiro atoms. The van der Waals surface area contributed by atoms with Crippen LogP contribution in [0.15, 0.2) is 48.8 Å². The van der Waals surface area contributed by atoms with E-state index in [1.807, 2.05) is 24.7 Å². The Hall–Kier alpha value is -3.12. The molecule has 1 atom stereocenters. The van der Waals surface area contributed by atoms with E-state index in [1.165, 1.54) is 5.56 Å². The van der Waals surface area contributed by atoms with Gasteiger partial charge in [-0.2, -0.15) is 0 Å². The fourth-order valence-electron chi connectivity index (χ4n) is 3.79. The molecular formula is C23H26N4O2. The average Bonchev–Trinajstić information content (AvgIpc) is 2.68. The summed E-state index contributed by atoms with van der Waals surface area (Å²) < 4.78 is 7.89. The molecule has 0 fully saturated rings. The Bertz CT molecular complexity index is 1090. The zero-order valence-electron chi connectivity index (χ0n) is 17.0. The van der Waals surface area contributed by atoms with Crippen LogP contribution >= 0.6 is 0 Å². The van der Waals surface area contributed by atoms with Gasteiger partial charge in [-0.15, -0.1) is 0 Å². The van der Waals surface area contributed by atoms with Crippen molar-refractivity contribution in [3.05, 3.63) is 76.5 Å². The number of phenolic OH excluding ortho intramolecular Hbond substituents is 1. The number of nitrogens with zero attached hydrogens (tertiary/aromatic N) is 3. The van der Waals surface area contributed by atoms with E-state index in [9.17, 15) is 5.11 Å². The van der Waals surface area contributed by atoms with Crippen molar-refractivity contribution in [3.63, 3.8) is 0 Å². The van der Waals surface area contributed by atoms with E-state index in [4.69, 9.17) is 10.1 Å². The van der Waals surface area contributed by atoms with Gasteiger partial charge in [0.25, 0.3) is 0 Å². The Kier molecular flexibility index (Phi) is 5.11. The van der Waals surface area contributed by atoms with Crippen LogP contribution in [0.4, 0.5) is 0 Å². The van der Waals surface area contributed by atoms with Gasteiger partial charge in [-0.1, -0.05) is 35.9 Å². The number of nitrogens with one attached hydrogen (secondary N) is 1. The van der Waals surface area contributed by atoms with Gasteiger partial charge in [-0.05, 0) is 45.6 Å². The molecule has 1 aliphatic heterocycles. The van der Waals surface area contributed by atoms with Gasteiger partial charge in [0.2, 0.25) is 5.88 Å². The molecule has 150 valence electrons. The van der Waals surface area contributed by atoms with E-state index < -0.39 is 0 Å². The van der Waals surface area contributed by atoms with Crippen molar-refractivity contribution >= 4 is 0 Å². The number of hydrogen-bond donors (Lipinski definition) is 2. The van der Waals surface area contributed by atoms with E-state index in [0.29, 0.717) is 17.1 Å². The number of benzene rings is 2. The zero-order valence-corrected chi connectivity index (χ0v) is 17.0. The van der Waals surface area contributed by atoms with Crippen LogP contribution in [-0.2, 0) is 6.54 Å². The molecule has 6 nitrogen and oxygen atoms in total. The van der Waals surface area contributed by atoms with Gasteiger partial charge in [0, 0.05) is 24.1 Å². The van der Waals surface area contributed by atoms with Crippen molar-refractivity contribution in [2.24, 2.45) is 0 Å². The SMILES string of the molecule is Cc1ccc(C2c3ccc(O)cc3Oc3ncn(CCCN(C)C)c(=N)c32)cc1. The van der Waals surface area contributed by atoms with Crippen LogP contribution in [0, 0.1) is 12.3 Å². The first-order chi connectivity index (χ1) is 13.9. The van der Waals surface area contributed by atoms with Crippen molar-refractivity contribution in [1.82, 2.24) is 14.5 Å². The standard InChI is InChI=1S/C23H26N4O2/c1-15-5-7-16(8-6-15)20-18-10-9-17(28)13-19(18)29-23-21(20)22(24)27(14-25-23)12-4-11-26(2)3/h5-10,13-14,20,24,28H,4,11-12H2,1-3H3. The molecule has 4 rings (SSSR count). The molecule has 0 radical (unpaired) electrons. The van der Waals surface area contributed by atoms with Gasteiger partial charge in [0.15, 0.2) is 0 Å². The summed E-state index contributed by atoms with van der Waals surface area (Å²) in [5.74, 6) is 0.995. The number of fused-ring (bicyclic) bond motifs is 2. The van der Waals surface area contributed by atoms with Crippen LogP contribution in [0.5, 0.6) is 17.4 Å². The summed E-state index contributed by atoms with van der Waals surface area (Å²) in [5, 5.41) is 18.8. The molecule has 0 aliphatic carbocycles. The number of aromatic nitrogens is 2. The van der Waals surface area contributed by atoms with Crippen molar-refractivity contribution in [2.45, 2.75) is 25.8 Å². The maximum absolute atomic E-state index is 9.92. The van der Waals surface area contributed by atoms with E-state index >= 15 is 0 Å². The molecule has 2 N–H and O–H groups in total. The molecule has 2 heterocycles. The number of aryl methyl sites for hydroxylation is 2. The molecule has 0 saturated carbocycles. The largest absolute Gasteiger partial charge is 0.508 e. The lowest BCUT2D eigenvalue weighted by Crippen LogP contribution is -2.30. The maximum Gasteiger partial charge on any atom is 0.228 e. The fourth-order valence-corrected chi connectivity index (χ4v) is 3.79. The highest BCUT2D eigenvalue weighted by atomic mass is 16.5. The Morgan fingerprint density at radius 3 is 2.66 bits per heavy atom. The maximum atomic E-state index is 9.92. The molecule has 0 saturated heterocycles. The van der Waals surface area contributed by atoms with Gasteiger partial charge in [0.1, 0.15) is 23.3 Å². The summed E-state index contributed by atoms with van der Waals surface area (Å²) in [6, 6.07) is 13.5. The Morgan fingerprint density at radius 2 is 1.93 bits per heavy atom. The number of phenols is 1. The van der Waals surface area contributed by atoms with Crippen LogP contribution in [0.2, 0.25) is 0 Å². The lowest BCUT2D eigenvalue weighted by atomic mass is 9.83. The third-order valence-electron chi connectivity index (χ3n) is 5.31. The van der Waals surface area contributed by atoms with E-state index in [1.54, 1.807) is 18.5 Å². The molecule has 1 unspecified atom stereocenters. The van der Waals surface area contributed by atoms with Crippen LogP contribution < -0.4 is 10.2 Å². The number of rotatable bonds is 5. The summed E-state index contributed by atoms with van der Waals surface area (Å²) in [5.41, 5.74) is 4.37. The summed E-state index contributed by atoms with van der Waals surface area (Å²) in [6.45, 7) is 3.73. The minimum Gasteiger partial charge on any atom is -0.508 e.